The number of hydrogen-bond acceptors (Lipinski definition) is 5. The largest absolute Gasteiger partial charge is 0.466 e. The number of allylic oxidation sites excluding steroid dienone is 4. The summed E-state index contributed by atoms with van der Waals surface area (Å²) in [6.45, 7) is 5.00. The number of hydrogen-bond donors (Lipinski definition) is 3. The number of carbonyl (C=O) groups is 2. The van der Waals surface area contributed by atoms with Crippen LogP contribution in [0.1, 0.15) is 425 Å². The van der Waals surface area contributed by atoms with Crippen molar-refractivity contribution in [2.75, 3.05) is 13.2 Å². The summed E-state index contributed by atoms with van der Waals surface area (Å²) in [7, 11) is 0. The second-order valence-corrected chi connectivity index (χ2v) is 26.0. The molecule has 0 saturated heterocycles. The lowest BCUT2D eigenvalue weighted by Crippen LogP contribution is -2.45. The van der Waals surface area contributed by atoms with Crippen molar-refractivity contribution >= 4 is 11.9 Å². The van der Waals surface area contributed by atoms with Crippen LogP contribution in [0, 0.1) is 0 Å². The zero-order valence-electron chi connectivity index (χ0n) is 55.8. The lowest BCUT2D eigenvalue weighted by atomic mass is 10.0. The maximum Gasteiger partial charge on any atom is 0.305 e. The zero-order chi connectivity index (χ0) is 59.2. The smallest absolute Gasteiger partial charge is 0.305 e. The second-order valence-electron chi connectivity index (χ2n) is 26.0. The molecule has 0 saturated carbocycles. The molecule has 0 spiro atoms. The van der Waals surface area contributed by atoms with Crippen molar-refractivity contribution < 1.29 is 24.5 Å². The van der Waals surface area contributed by atoms with Gasteiger partial charge in [-0.05, 0) is 57.8 Å². The van der Waals surface area contributed by atoms with E-state index in [1.54, 1.807) is 0 Å². The summed E-state index contributed by atoms with van der Waals surface area (Å²) < 4.78 is 5.51. The SMILES string of the molecule is CCCCCCCCCCCCCCCCCCCC(=O)OCCCCCCCCCCC/C=C\C/C=C\CCCCCCCCCCCCCCCCCCCC(=O)NC(CO)C(O)CCCCCCCCCCCCCCCCC. The molecule has 0 aliphatic rings. The number of carbonyl (C=O) groups excluding carboxylic acids is 2. The molecule has 0 aliphatic heterocycles. The fourth-order valence-electron chi connectivity index (χ4n) is 12.0. The number of unbranched alkanes of at least 4 members (excludes halogenated alkanes) is 56. The molecule has 0 bridgehead atoms. The maximum atomic E-state index is 12.5. The molecule has 0 aromatic carbocycles. The Balaban J connectivity index is 3.36. The molecule has 82 heavy (non-hydrogen) atoms. The van der Waals surface area contributed by atoms with Gasteiger partial charge in [0, 0.05) is 12.8 Å². The van der Waals surface area contributed by atoms with Crippen LogP contribution in [0.25, 0.3) is 0 Å². The fourth-order valence-corrected chi connectivity index (χ4v) is 12.0. The predicted octanol–water partition coefficient (Wildman–Crippen LogP) is 24.5. The second kappa shape index (κ2) is 71.8. The molecule has 3 N–H and O–H groups in total. The highest BCUT2D eigenvalue weighted by atomic mass is 16.5. The molecule has 0 radical (unpaired) electrons. The van der Waals surface area contributed by atoms with Crippen LogP contribution < -0.4 is 5.32 Å². The van der Waals surface area contributed by atoms with Crippen molar-refractivity contribution in [3.63, 3.8) is 0 Å². The Morgan fingerprint density at radius 3 is 0.927 bits per heavy atom. The van der Waals surface area contributed by atoms with Gasteiger partial charge in [-0.3, -0.25) is 9.59 Å². The van der Waals surface area contributed by atoms with Gasteiger partial charge in [-0.25, -0.2) is 0 Å². The summed E-state index contributed by atoms with van der Waals surface area (Å²) in [4.78, 5) is 24.6. The molecule has 0 aromatic rings. The van der Waals surface area contributed by atoms with Crippen molar-refractivity contribution in [1.82, 2.24) is 5.32 Å². The van der Waals surface area contributed by atoms with Crippen molar-refractivity contribution in [3.05, 3.63) is 24.3 Å². The first kappa shape index (κ1) is 80.3. The normalized spacial score (nSPS) is 12.6. The van der Waals surface area contributed by atoms with E-state index >= 15 is 0 Å². The van der Waals surface area contributed by atoms with Crippen LogP contribution >= 0.6 is 0 Å². The highest BCUT2D eigenvalue weighted by Gasteiger charge is 2.20. The van der Waals surface area contributed by atoms with Crippen LogP contribution in [-0.2, 0) is 14.3 Å². The van der Waals surface area contributed by atoms with Crippen LogP contribution in [0.2, 0.25) is 0 Å². The van der Waals surface area contributed by atoms with E-state index < -0.39 is 12.1 Å². The minimum Gasteiger partial charge on any atom is -0.466 e. The average molecular weight is 1160 g/mol. The van der Waals surface area contributed by atoms with Gasteiger partial charge in [-0.15, -0.1) is 0 Å². The molecule has 0 heterocycles. The summed E-state index contributed by atoms with van der Waals surface area (Å²) in [5.74, 6) is -0.0109. The molecule has 486 valence electrons. The Labute approximate surface area is 513 Å². The highest BCUT2D eigenvalue weighted by Crippen LogP contribution is 2.19. The number of nitrogens with one attached hydrogen (secondary N) is 1. The van der Waals surface area contributed by atoms with Crippen molar-refractivity contribution in [1.29, 1.82) is 0 Å². The molecule has 2 unspecified atom stereocenters. The van der Waals surface area contributed by atoms with Crippen molar-refractivity contribution in [2.45, 2.75) is 437 Å². The average Bonchev–Trinajstić information content (AvgIpc) is 3.48. The minimum atomic E-state index is -0.662. The van der Waals surface area contributed by atoms with Gasteiger partial charge in [0.25, 0.3) is 0 Å². The Bertz CT molecular complexity index is 1280. The van der Waals surface area contributed by atoms with Gasteiger partial charge in [0.05, 0.1) is 25.4 Å². The minimum absolute atomic E-state index is 0.0190. The van der Waals surface area contributed by atoms with E-state index in [2.05, 4.69) is 43.5 Å². The monoisotopic (exact) mass is 1150 g/mol. The van der Waals surface area contributed by atoms with E-state index in [0.29, 0.717) is 25.9 Å². The van der Waals surface area contributed by atoms with E-state index in [0.717, 1.165) is 44.9 Å². The van der Waals surface area contributed by atoms with Crippen molar-refractivity contribution in [3.8, 4) is 0 Å². The molecular weight excluding hydrogens is 1010 g/mol. The number of aliphatic hydroxyl groups is 2. The summed E-state index contributed by atoms with van der Waals surface area (Å²) >= 11 is 0. The molecule has 0 fully saturated rings. The first-order chi connectivity index (χ1) is 40.5. The van der Waals surface area contributed by atoms with Crippen LogP contribution in [-0.4, -0.2) is 47.4 Å². The number of rotatable bonds is 71. The van der Waals surface area contributed by atoms with Gasteiger partial charge >= 0.3 is 5.97 Å². The van der Waals surface area contributed by atoms with Gasteiger partial charge in [-0.2, -0.15) is 0 Å². The lowest BCUT2D eigenvalue weighted by Gasteiger charge is -2.22. The number of esters is 1. The van der Waals surface area contributed by atoms with Gasteiger partial charge in [0.15, 0.2) is 0 Å². The third kappa shape index (κ3) is 67.5. The Morgan fingerprint density at radius 1 is 0.341 bits per heavy atom. The number of amides is 1. The van der Waals surface area contributed by atoms with Gasteiger partial charge in [-0.1, -0.05) is 378 Å². The molecule has 0 rings (SSSR count). The topological polar surface area (TPSA) is 95.9 Å². The summed E-state index contributed by atoms with van der Waals surface area (Å²) in [5.41, 5.74) is 0. The first-order valence-electron chi connectivity index (χ1n) is 37.6. The Morgan fingerprint density at radius 2 is 0.610 bits per heavy atom. The van der Waals surface area contributed by atoms with Crippen LogP contribution in [0.5, 0.6) is 0 Å². The summed E-state index contributed by atoms with van der Waals surface area (Å²) in [5, 5.41) is 23.3. The summed E-state index contributed by atoms with van der Waals surface area (Å²) in [6, 6.07) is -0.540. The molecule has 0 aromatic heterocycles. The number of aliphatic hydroxyl groups excluding tert-OH is 2. The summed E-state index contributed by atoms with van der Waals surface area (Å²) in [6.07, 6.45) is 91.1. The maximum absolute atomic E-state index is 12.5. The van der Waals surface area contributed by atoms with E-state index in [-0.39, 0.29) is 18.5 Å². The van der Waals surface area contributed by atoms with E-state index in [9.17, 15) is 19.8 Å². The van der Waals surface area contributed by atoms with Gasteiger partial charge in [0.2, 0.25) is 5.91 Å². The molecule has 1 amide bonds. The quantitative estimate of drug-likeness (QED) is 0.0320. The fraction of sp³-hybridized carbons (Fsp3) is 0.921. The van der Waals surface area contributed by atoms with Gasteiger partial charge < -0.3 is 20.3 Å². The third-order valence-electron chi connectivity index (χ3n) is 17.8. The zero-order valence-corrected chi connectivity index (χ0v) is 55.8. The molecule has 6 nitrogen and oxygen atoms in total. The predicted molar refractivity (Wildman–Crippen MR) is 361 cm³/mol. The Kier molecular flexibility index (Phi) is 70.4. The molecule has 2 atom stereocenters. The van der Waals surface area contributed by atoms with E-state index in [1.165, 1.54) is 347 Å². The third-order valence-corrected chi connectivity index (χ3v) is 17.8. The van der Waals surface area contributed by atoms with Crippen LogP contribution in [0.3, 0.4) is 0 Å². The van der Waals surface area contributed by atoms with E-state index in [1.807, 2.05) is 0 Å². The molecular formula is C76H147NO5. The Hall–Kier alpha value is -1.66. The van der Waals surface area contributed by atoms with Crippen LogP contribution in [0.4, 0.5) is 0 Å². The van der Waals surface area contributed by atoms with E-state index in [4.69, 9.17) is 4.74 Å². The van der Waals surface area contributed by atoms with Gasteiger partial charge in [0.1, 0.15) is 0 Å². The highest BCUT2D eigenvalue weighted by molar-refractivity contribution is 5.76. The van der Waals surface area contributed by atoms with Crippen LogP contribution in [0.15, 0.2) is 24.3 Å². The number of ether oxygens (including phenoxy) is 1. The van der Waals surface area contributed by atoms with Crippen molar-refractivity contribution in [2.24, 2.45) is 0 Å². The molecule has 0 aliphatic carbocycles. The molecule has 6 heteroatoms. The first-order valence-corrected chi connectivity index (χ1v) is 37.6. The standard InChI is InChI=1S/C76H147NO5/c1-3-5-7-9-11-13-15-17-19-37-42-46-50-54-58-62-66-70-76(81)82-71-67-63-59-55-51-47-43-39-36-34-32-30-28-26-24-22-20-21-23-25-27-29-31-33-35-38-41-45-49-53-57-61-65-69-75(80)77-73(72-78)74(79)68-64-60-56-52-48-44-40-18-16-14-12-10-8-6-4-2/h24,26,30,32,73-74,78-79H,3-23,25,27-29,31,33-72H2,1-2H3,(H,77,80)/b26-24-,32-30-. The lowest BCUT2D eigenvalue weighted by molar-refractivity contribution is -0.143.